The summed E-state index contributed by atoms with van der Waals surface area (Å²) in [4.78, 5) is 16.6. The molecule has 1 aliphatic heterocycles. The molecule has 0 aliphatic carbocycles. The second-order valence-electron chi connectivity index (χ2n) is 5.87. The van der Waals surface area contributed by atoms with Crippen molar-refractivity contribution in [1.29, 1.82) is 0 Å². The van der Waals surface area contributed by atoms with Crippen molar-refractivity contribution in [2.45, 2.75) is 0 Å². The van der Waals surface area contributed by atoms with Gasteiger partial charge in [-0.2, -0.15) is 0 Å². The van der Waals surface area contributed by atoms with E-state index in [-0.39, 0.29) is 5.56 Å². The summed E-state index contributed by atoms with van der Waals surface area (Å²) in [5, 5.41) is 0. The second kappa shape index (κ2) is 8.18. The van der Waals surface area contributed by atoms with E-state index in [0.29, 0.717) is 32.0 Å². The van der Waals surface area contributed by atoms with Gasteiger partial charge in [-0.1, -0.05) is 18.2 Å². The zero-order chi connectivity index (χ0) is 17.6. The monoisotopic (exact) mass is 346 g/mol. The Morgan fingerprint density at radius 3 is 2.48 bits per heavy atom. The lowest BCUT2D eigenvalue weighted by Gasteiger charge is -2.30. The van der Waals surface area contributed by atoms with Gasteiger partial charge in [-0.05, 0) is 24.3 Å². The highest BCUT2D eigenvalue weighted by molar-refractivity contribution is 6.06. The fourth-order valence-electron chi connectivity index (χ4n) is 2.83. The topological polar surface area (TPSA) is 32.8 Å². The van der Waals surface area contributed by atoms with Crippen molar-refractivity contribution < 1.29 is 18.3 Å². The Labute approximate surface area is 145 Å². The van der Waals surface area contributed by atoms with Crippen LogP contribution in [0, 0.1) is 11.6 Å². The summed E-state index contributed by atoms with van der Waals surface area (Å²) < 4.78 is 32.5. The van der Waals surface area contributed by atoms with Crippen molar-refractivity contribution in [2.75, 3.05) is 44.3 Å². The fourth-order valence-corrected chi connectivity index (χ4v) is 2.83. The van der Waals surface area contributed by atoms with E-state index in [0.717, 1.165) is 25.2 Å². The third-order valence-corrected chi connectivity index (χ3v) is 4.22. The molecule has 0 unspecified atom stereocenters. The maximum absolute atomic E-state index is 14.1. The second-order valence-corrected chi connectivity index (χ2v) is 5.87. The van der Waals surface area contributed by atoms with E-state index in [1.54, 1.807) is 12.1 Å². The van der Waals surface area contributed by atoms with E-state index >= 15 is 0 Å². The number of rotatable bonds is 5. The number of hydrogen-bond acceptors (Lipinski definition) is 3. The van der Waals surface area contributed by atoms with Crippen LogP contribution in [0.2, 0.25) is 0 Å². The number of carbonyl (C=O) groups is 1. The van der Waals surface area contributed by atoms with Crippen molar-refractivity contribution in [1.82, 2.24) is 4.90 Å². The first-order chi connectivity index (χ1) is 12.1. The summed E-state index contributed by atoms with van der Waals surface area (Å²) in [6.45, 7) is 4.04. The molecule has 2 aromatic carbocycles. The minimum Gasteiger partial charge on any atom is -0.379 e. The molecule has 0 atom stereocenters. The minimum absolute atomic E-state index is 0.132. The number of morpholine rings is 1. The number of hydrogen-bond donors (Lipinski definition) is 0. The fraction of sp³-hybridized carbons (Fsp3) is 0.316. The van der Waals surface area contributed by atoms with Crippen molar-refractivity contribution in [3.63, 3.8) is 0 Å². The Morgan fingerprint density at radius 1 is 1.08 bits per heavy atom. The molecule has 6 heteroatoms. The van der Waals surface area contributed by atoms with Crippen molar-refractivity contribution in [2.24, 2.45) is 0 Å². The number of anilines is 1. The lowest BCUT2D eigenvalue weighted by Crippen LogP contribution is -2.43. The maximum Gasteiger partial charge on any atom is 0.261 e. The van der Waals surface area contributed by atoms with Gasteiger partial charge in [-0.3, -0.25) is 9.69 Å². The molecule has 1 aliphatic rings. The van der Waals surface area contributed by atoms with Gasteiger partial charge in [0.2, 0.25) is 0 Å². The molecular formula is C19H20F2N2O2. The zero-order valence-corrected chi connectivity index (χ0v) is 13.8. The van der Waals surface area contributed by atoms with Crippen LogP contribution in [0.1, 0.15) is 10.4 Å². The molecule has 1 saturated heterocycles. The van der Waals surface area contributed by atoms with Crippen LogP contribution >= 0.6 is 0 Å². The van der Waals surface area contributed by atoms with Gasteiger partial charge in [0.15, 0.2) is 0 Å². The molecule has 0 bridgehead atoms. The molecule has 1 heterocycles. The van der Waals surface area contributed by atoms with Crippen LogP contribution in [-0.4, -0.2) is 50.2 Å². The van der Waals surface area contributed by atoms with E-state index in [1.165, 1.54) is 11.0 Å². The smallest absolute Gasteiger partial charge is 0.261 e. The number of para-hydroxylation sites is 1. The molecule has 3 rings (SSSR count). The van der Waals surface area contributed by atoms with Crippen LogP contribution < -0.4 is 4.90 Å². The summed E-state index contributed by atoms with van der Waals surface area (Å²) in [5.41, 5.74) is 0.553. The molecule has 0 saturated carbocycles. The Morgan fingerprint density at radius 2 is 1.80 bits per heavy atom. The van der Waals surface area contributed by atoms with Gasteiger partial charge in [0.1, 0.15) is 11.6 Å². The largest absolute Gasteiger partial charge is 0.379 e. The summed E-state index contributed by atoms with van der Waals surface area (Å²) in [6.07, 6.45) is 0. The molecule has 0 spiro atoms. The van der Waals surface area contributed by atoms with Crippen LogP contribution in [0.3, 0.4) is 0 Å². The lowest BCUT2D eigenvalue weighted by molar-refractivity contribution is 0.0391. The Kier molecular flexibility index (Phi) is 5.73. The third-order valence-electron chi connectivity index (χ3n) is 4.22. The molecular weight excluding hydrogens is 326 g/mol. The van der Waals surface area contributed by atoms with Gasteiger partial charge in [0.25, 0.3) is 5.91 Å². The summed E-state index contributed by atoms with van der Waals surface area (Å²) in [7, 11) is 0. The molecule has 1 fully saturated rings. The summed E-state index contributed by atoms with van der Waals surface area (Å²) in [5.74, 6) is -2.03. The maximum atomic E-state index is 14.1. The SMILES string of the molecule is O=C(c1ccc(F)cc1F)N(CCN1CCOCC1)c1ccccc1. The Balaban J connectivity index is 1.81. The van der Waals surface area contributed by atoms with Crippen LogP contribution in [0.5, 0.6) is 0 Å². The van der Waals surface area contributed by atoms with E-state index in [2.05, 4.69) is 4.90 Å². The predicted octanol–water partition coefficient (Wildman–Crippen LogP) is 2.94. The van der Waals surface area contributed by atoms with Crippen LogP contribution in [-0.2, 0) is 4.74 Å². The number of amides is 1. The van der Waals surface area contributed by atoms with E-state index in [1.807, 2.05) is 18.2 Å². The van der Waals surface area contributed by atoms with Gasteiger partial charge in [0, 0.05) is 37.9 Å². The molecule has 25 heavy (non-hydrogen) atoms. The highest BCUT2D eigenvalue weighted by Crippen LogP contribution is 2.19. The summed E-state index contributed by atoms with van der Waals surface area (Å²) >= 11 is 0. The number of ether oxygens (including phenoxy) is 1. The molecule has 0 N–H and O–H groups in total. The summed E-state index contributed by atoms with van der Waals surface area (Å²) in [6, 6.07) is 12.1. The predicted molar refractivity (Wildman–Crippen MR) is 91.7 cm³/mol. The molecule has 1 amide bonds. The van der Waals surface area contributed by atoms with E-state index in [4.69, 9.17) is 4.74 Å². The van der Waals surface area contributed by atoms with Gasteiger partial charge in [-0.25, -0.2) is 8.78 Å². The van der Waals surface area contributed by atoms with Crippen molar-refractivity contribution in [3.8, 4) is 0 Å². The third kappa shape index (κ3) is 4.41. The molecule has 4 nitrogen and oxygen atoms in total. The Bertz CT molecular complexity index is 719. The standard InChI is InChI=1S/C19H20F2N2O2/c20-15-6-7-17(18(21)14-15)19(24)23(16-4-2-1-3-5-16)9-8-22-10-12-25-13-11-22/h1-7,14H,8-13H2. The van der Waals surface area contributed by atoms with E-state index in [9.17, 15) is 13.6 Å². The lowest BCUT2D eigenvalue weighted by atomic mass is 10.1. The molecule has 0 aromatic heterocycles. The molecule has 2 aromatic rings. The first kappa shape index (κ1) is 17.5. The van der Waals surface area contributed by atoms with Gasteiger partial charge < -0.3 is 9.64 Å². The Hall–Kier alpha value is -2.31. The molecule has 0 radical (unpaired) electrons. The van der Waals surface area contributed by atoms with Gasteiger partial charge in [-0.15, -0.1) is 0 Å². The number of carbonyl (C=O) groups excluding carboxylic acids is 1. The molecule has 132 valence electrons. The van der Waals surface area contributed by atoms with Crippen LogP contribution in [0.25, 0.3) is 0 Å². The number of halogens is 2. The van der Waals surface area contributed by atoms with Crippen LogP contribution in [0.4, 0.5) is 14.5 Å². The minimum atomic E-state index is -0.850. The average molecular weight is 346 g/mol. The van der Waals surface area contributed by atoms with Gasteiger partial charge >= 0.3 is 0 Å². The zero-order valence-electron chi connectivity index (χ0n) is 13.8. The van der Waals surface area contributed by atoms with Crippen LogP contribution in [0.15, 0.2) is 48.5 Å². The van der Waals surface area contributed by atoms with Gasteiger partial charge in [0.05, 0.1) is 18.8 Å². The normalized spacial score (nSPS) is 15.1. The first-order valence-corrected chi connectivity index (χ1v) is 8.27. The average Bonchev–Trinajstić information content (AvgIpc) is 2.63. The number of benzene rings is 2. The number of nitrogens with zero attached hydrogens (tertiary/aromatic N) is 2. The van der Waals surface area contributed by atoms with Crippen molar-refractivity contribution in [3.05, 3.63) is 65.7 Å². The first-order valence-electron chi connectivity index (χ1n) is 8.27. The highest BCUT2D eigenvalue weighted by Gasteiger charge is 2.22. The quantitative estimate of drug-likeness (QED) is 0.835. The highest BCUT2D eigenvalue weighted by atomic mass is 19.1. The van der Waals surface area contributed by atoms with Crippen molar-refractivity contribution >= 4 is 11.6 Å². The van der Waals surface area contributed by atoms with E-state index < -0.39 is 17.5 Å².